The van der Waals surface area contributed by atoms with Crippen LogP contribution >= 0.6 is 0 Å². The zero-order chi connectivity index (χ0) is 16.9. The molecule has 0 spiro atoms. The number of hydrogen-bond donors (Lipinski definition) is 0. The van der Waals surface area contributed by atoms with E-state index in [9.17, 15) is 18.8 Å². The number of hydrogen-bond acceptors (Lipinski definition) is 8. The first-order valence-corrected chi connectivity index (χ1v) is 6.56. The van der Waals surface area contributed by atoms with E-state index < -0.39 is 48.7 Å². The number of carbonyl (C=O) groups excluding carboxylic acids is 3. The van der Waals surface area contributed by atoms with E-state index in [1.54, 1.807) is 0 Å². The van der Waals surface area contributed by atoms with Crippen molar-refractivity contribution in [2.45, 2.75) is 51.5 Å². The number of halogens is 1. The van der Waals surface area contributed by atoms with Gasteiger partial charge in [0.25, 0.3) is 0 Å². The average molecular weight is 322 g/mol. The van der Waals surface area contributed by atoms with Crippen LogP contribution in [0.3, 0.4) is 0 Å². The summed E-state index contributed by atoms with van der Waals surface area (Å²) in [5.41, 5.74) is 0. The number of alkyl halides is 1. The maximum Gasteiger partial charge on any atom is 0.303 e. The summed E-state index contributed by atoms with van der Waals surface area (Å²) in [6.45, 7) is 3.11. The molecule has 0 aromatic carbocycles. The van der Waals surface area contributed by atoms with Crippen LogP contribution in [0.2, 0.25) is 0 Å². The Morgan fingerprint density at radius 2 is 1.73 bits per heavy atom. The number of esters is 3. The van der Waals surface area contributed by atoms with Crippen molar-refractivity contribution >= 4 is 17.9 Å². The Morgan fingerprint density at radius 1 is 1.09 bits per heavy atom. The lowest BCUT2D eigenvalue weighted by atomic mass is 10.1. The van der Waals surface area contributed by atoms with Gasteiger partial charge >= 0.3 is 17.9 Å². The van der Waals surface area contributed by atoms with Crippen molar-refractivity contribution in [3.63, 3.8) is 0 Å². The van der Waals surface area contributed by atoms with E-state index in [1.165, 1.54) is 14.0 Å². The van der Waals surface area contributed by atoms with Gasteiger partial charge in [-0.25, -0.2) is 4.39 Å². The van der Waals surface area contributed by atoms with E-state index in [0.717, 1.165) is 13.8 Å². The lowest BCUT2D eigenvalue weighted by Crippen LogP contribution is -2.45. The fourth-order valence-electron chi connectivity index (χ4n) is 2.13. The molecule has 0 radical (unpaired) electrons. The van der Waals surface area contributed by atoms with Gasteiger partial charge in [-0.1, -0.05) is 0 Å². The second kappa shape index (κ2) is 8.04. The average Bonchev–Trinajstić information content (AvgIpc) is 2.70. The highest BCUT2D eigenvalue weighted by Crippen LogP contribution is 2.30. The van der Waals surface area contributed by atoms with Crippen LogP contribution in [0.1, 0.15) is 20.8 Å². The van der Waals surface area contributed by atoms with Gasteiger partial charge in [0.15, 0.2) is 12.2 Å². The summed E-state index contributed by atoms with van der Waals surface area (Å²) in [6.07, 6.45) is -6.45. The molecular formula is C13H19FO8. The molecule has 0 aromatic rings. The van der Waals surface area contributed by atoms with Crippen LogP contribution in [0, 0.1) is 0 Å². The maximum atomic E-state index is 13.9. The molecule has 8 nitrogen and oxygen atoms in total. The lowest BCUT2D eigenvalue weighted by Gasteiger charge is -2.26. The molecule has 0 aliphatic carbocycles. The molecule has 1 aliphatic heterocycles. The minimum atomic E-state index is -1.95. The summed E-state index contributed by atoms with van der Waals surface area (Å²) in [5, 5.41) is 0. The van der Waals surface area contributed by atoms with E-state index in [0.29, 0.717) is 0 Å². The van der Waals surface area contributed by atoms with Gasteiger partial charge in [0.1, 0.15) is 18.8 Å². The highest BCUT2D eigenvalue weighted by atomic mass is 19.1. The molecule has 0 aromatic heterocycles. The van der Waals surface area contributed by atoms with Crippen molar-refractivity contribution in [1.82, 2.24) is 0 Å². The van der Waals surface area contributed by atoms with Crippen LogP contribution in [0.4, 0.5) is 4.39 Å². The Morgan fingerprint density at radius 3 is 2.18 bits per heavy atom. The van der Waals surface area contributed by atoms with Crippen LogP contribution in [0.25, 0.3) is 0 Å². The molecule has 9 heteroatoms. The van der Waals surface area contributed by atoms with Gasteiger partial charge < -0.3 is 23.7 Å². The summed E-state index contributed by atoms with van der Waals surface area (Å²) >= 11 is 0. The second-order valence-corrected chi connectivity index (χ2v) is 4.68. The van der Waals surface area contributed by atoms with Gasteiger partial charge in [-0.2, -0.15) is 0 Å². The van der Waals surface area contributed by atoms with Crippen molar-refractivity contribution < 1.29 is 42.5 Å². The molecule has 1 aliphatic rings. The highest BCUT2D eigenvalue weighted by molar-refractivity contribution is 5.67. The molecular weight excluding hydrogens is 303 g/mol. The van der Waals surface area contributed by atoms with Crippen LogP contribution < -0.4 is 0 Å². The standard InChI is InChI=1S/C13H19FO8/c1-6(15)19-5-9(20-7(2)16)10-11(18-4)12(13(14)22-10)21-8(3)17/h9-13H,5H2,1-4H3/t9-,10-,11+,12-,13+/m1/s1. The minimum Gasteiger partial charge on any atom is -0.462 e. The minimum absolute atomic E-state index is 0.334. The zero-order valence-corrected chi connectivity index (χ0v) is 12.7. The van der Waals surface area contributed by atoms with Gasteiger partial charge in [-0.05, 0) is 0 Å². The molecule has 5 atom stereocenters. The first-order chi connectivity index (χ1) is 10.3. The molecule has 0 bridgehead atoms. The largest absolute Gasteiger partial charge is 0.462 e. The fraction of sp³-hybridized carbons (Fsp3) is 0.769. The Balaban J connectivity index is 2.89. The van der Waals surface area contributed by atoms with E-state index >= 15 is 0 Å². The third-order valence-electron chi connectivity index (χ3n) is 2.90. The molecule has 0 amide bonds. The Bertz CT molecular complexity index is 426. The topological polar surface area (TPSA) is 97.4 Å². The SMILES string of the molecule is CO[C@@H]1[C@@H](OC(C)=O)[C@@H](F)O[C@@H]1[C@@H](COC(C)=O)OC(C)=O. The zero-order valence-electron chi connectivity index (χ0n) is 12.7. The number of methoxy groups -OCH3 is 1. The molecule has 0 unspecified atom stereocenters. The van der Waals surface area contributed by atoms with Crippen molar-refractivity contribution in [2.75, 3.05) is 13.7 Å². The van der Waals surface area contributed by atoms with Crippen molar-refractivity contribution in [3.05, 3.63) is 0 Å². The van der Waals surface area contributed by atoms with Crippen LogP contribution in [0.15, 0.2) is 0 Å². The number of rotatable bonds is 6. The summed E-state index contributed by atoms with van der Waals surface area (Å²) in [5.74, 6) is -1.97. The Kier molecular flexibility index (Phi) is 6.69. The summed E-state index contributed by atoms with van der Waals surface area (Å²) < 4.78 is 38.6. The third kappa shape index (κ3) is 4.92. The maximum absolute atomic E-state index is 13.9. The van der Waals surface area contributed by atoms with Crippen LogP contribution in [-0.2, 0) is 38.1 Å². The Hall–Kier alpha value is -1.74. The van der Waals surface area contributed by atoms with E-state index in [2.05, 4.69) is 0 Å². The normalized spacial score (nSPS) is 28.8. The van der Waals surface area contributed by atoms with Gasteiger partial charge in [-0.15, -0.1) is 0 Å². The van der Waals surface area contributed by atoms with E-state index in [-0.39, 0.29) is 6.61 Å². The monoisotopic (exact) mass is 322 g/mol. The molecule has 1 fully saturated rings. The van der Waals surface area contributed by atoms with Gasteiger partial charge in [0, 0.05) is 27.9 Å². The molecule has 126 valence electrons. The first kappa shape index (κ1) is 18.3. The predicted molar refractivity (Wildman–Crippen MR) is 68.3 cm³/mol. The second-order valence-electron chi connectivity index (χ2n) is 4.68. The Labute approximate surface area is 126 Å². The van der Waals surface area contributed by atoms with Crippen molar-refractivity contribution in [2.24, 2.45) is 0 Å². The van der Waals surface area contributed by atoms with E-state index in [1.807, 2.05) is 0 Å². The smallest absolute Gasteiger partial charge is 0.303 e. The molecule has 1 saturated heterocycles. The first-order valence-electron chi connectivity index (χ1n) is 6.56. The van der Waals surface area contributed by atoms with Crippen LogP contribution in [-0.4, -0.2) is 62.4 Å². The van der Waals surface area contributed by atoms with Gasteiger partial charge in [0.05, 0.1) is 0 Å². The predicted octanol–water partition coefficient (Wildman–Crippen LogP) is 0.122. The van der Waals surface area contributed by atoms with Crippen molar-refractivity contribution in [3.8, 4) is 0 Å². The van der Waals surface area contributed by atoms with E-state index in [4.69, 9.17) is 23.7 Å². The molecule has 0 saturated carbocycles. The van der Waals surface area contributed by atoms with Gasteiger partial charge in [0.2, 0.25) is 6.36 Å². The number of carbonyl (C=O) groups is 3. The molecule has 1 rings (SSSR count). The third-order valence-corrected chi connectivity index (χ3v) is 2.90. The number of ether oxygens (including phenoxy) is 5. The van der Waals surface area contributed by atoms with Gasteiger partial charge in [-0.3, -0.25) is 14.4 Å². The van der Waals surface area contributed by atoms with Crippen molar-refractivity contribution in [1.29, 1.82) is 0 Å². The highest BCUT2D eigenvalue weighted by Gasteiger charge is 2.52. The summed E-state index contributed by atoms with van der Waals surface area (Å²) in [4.78, 5) is 33.1. The quantitative estimate of drug-likeness (QED) is 0.502. The lowest BCUT2D eigenvalue weighted by molar-refractivity contribution is -0.174. The summed E-state index contributed by atoms with van der Waals surface area (Å²) in [7, 11) is 1.27. The molecule has 1 heterocycles. The fourth-order valence-corrected chi connectivity index (χ4v) is 2.13. The molecule has 0 N–H and O–H groups in total. The van der Waals surface area contributed by atoms with Crippen LogP contribution in [0.5, 0.6) is 0 Å². The molecule has 22 heavy (non-hydrogen) atoms. The summed E-state index contributed by atoms with van der Waals surface area (Å²) in [6, 6.07) is 0.